The minimum atomic E-state index is 0.527. The van der Waals surface area contributed by atoms with Crippen molar-refractivity contribution < 1.29 is 4.42 Å². The van der Waals surface area contributed by atoms with Crippen LogP contribution in [-0.4, -0.2) is 4.98 Å². The topological polar surface area (TPSA) is 52.0 Å². The quantitative estimate of drug-likeness (QED) is 0.693. The smallest absolute Gasteiger partial charge is 0.131 e. The summed E-state index contributed by atoms with van der Waals surface area (Å²) in [4.78, 5) is 3.97. The summed E-state index contributed by atoms with van der Waals surface area (Å²) in [5, 5.41) is 0. The fourth-order valence-electron chi connectivity index (χ4n) is 1.08. The van der Waals surface area contributed by atoms with Crippen molar-refractivity contribution in [1.82, 2.24) is 4.98 Å². The maximum atomic E-state index is 5.66. The number of hydrogen-bond acceptors (Lipinski definition) is 3. The molecule has 2 heterocycles. The highest BCUT2D eigenvalue weighted by Crippen LogP contribution is 2.23. The Hall–Kier alpha value is -1.77. The Morgan fingerprint density at radius 3 is 2.92 bits per heavy atom. The third-order valence-electron chi connectivity index (χ3n) is 1.67. The Balaban J connectivity index is 2.55. The Morgan fingerprint density at radius 1 is 1.33 bits per heavy atom. The van der Waals surface area contributed by atoms with Crippen molar-refractivity contribution in [2.75, 3.05) is 5.73 Å². The van der Waals surface area contributed by atoms with Crippen LogP contribution in [0.2, 0.25) is 0 Å². The van der Waals surface area contributed by atoms with E-state index >= 15 is 0 Å². The van der Waals surface area contributed by atoms with Gasteiger partial charge in [0, 0.05) is 17.3 Å². The van der Waals surface area contributed by atoms with Gasteiger partial charge in [0.05, 0.1) is 12.5 Å². The van der Waals surface area contributed by atoms with E-state index in [9.17, 15) is 0 Å². The zero-order chi connectivity index (χ0) is 8.39. The van der Waals surface area contributed by atoms with Crippen molar-refractivity contribution in [3.05, 3.63) is 36.9 Å². The molecule has 2 rings (SSSR count). The fraction of sp³-hybridized carbons (Fsp3) is 0. The average molecular weight is 160 g/mol. The lowest BCUT2D eigenvalue weighted by Gasteiger charge is -1.98. The molecule has 60 valence electrons. The molecule has 0 spiro atoms. The van der Waals surface area contributed by atoms with Crippen molar-refractivity contribution in [3.63, 3.8) is 0 Å². The molecule has 0 saturated heterocycles. The van der Waals surface area contributed by atoms with Crippen molar-refractivity contribution >= 4 is 5.82 Å². The lowest BCUT2D eigenvalue weighted by Crippen LogP contribution is -1.91. The Kier molecular flexibility index (Phi) is 1.55. The maximum absolute atomic E-state index is 5.66. The number of anilines is 1. The summed E-state index contributed by atoms with van der Waals surface area (Å²) in [5.41, 5.74) is 7.53. The second kappa shape index (κ2) is 2.70. The van der Waals surface area contributed by atoms with E-state index in [4.69, 9.17) is 10.2 Å². The van der Waals surface area contributed by atoms with Crippen LogP contribution in [0.15, 0.2) is 41.3 Å². The zero-order valence-corrected chi connectivity index (χ0v) is 6.40. The monoisotopic (exact) mass is 160 g/mol. The highest BCUT2D eigenvalue weighted by atomic mass is 16.3. The molecule has 0 atom stereocenters. The second-order valence-electron chi connectivity index (χ2n) is 2.45. The van der Waals surface area contributed by atoms with Gasteiger partial charge in [0.2, 0.25) is 0 Å². The van der Waals surface area contributed by atoms with Gasteiger partial charge >= 0.3 is 0 Å². The maximum Gasteiger partial charge on any atom is 0.131 e. The highest BCUT2D eigenvalue weighted by molar-refractivity contribution is 5.72. The molecule has 0 aliphatic heterocycles. The molecule has 0 fully saturated rings. The predicted molar refractivity (Wildman–Crippen MR) is 46.4 cm³/mol. The molecule has 0 radical (unpaired) electrons. The number of furan rings is 1. The summed E-state index contributed by atoms with van der Waals surface area (Å²) < 4.78 is 4.94. The molecule has 3 nitrogen and oxygen atoms in total. The van der Waals surface area contributed by atoms with E-state index in [1.165, 1.54) is 0 Å². The van der Waals surface area contributed by atoms with Gasteiger partial charge in [0.25, 0.3) is 0 Å². The van der Waals surface area contributed by atoms with Gasteiger partial charge in [-0.1, -0.05) is 0 Å². The molecule has 0 bridgehead atoms. The van der Waals surface area contributed by atoms with Crippen LogP contribution in [0.3, 0.4) is 0 Å². The molecule has 2 aromatic heterocycles. The van der Waals surface area contributed by atoms with Gasteiger partial charge in [0.15, 0.2) is 0 Å². The summed E-state index contributed by atoms with van der Waals surface area (Å²) >= 11 is 0. The number of nitrogen functional groups attached to an aromatic ring is 1. The van der Waals surface area contributed by atoms with Crippen molar-refractivity contribution in [2.45, 2.75) is 0 Å². The normalized spacial score (nSPS) is 10.0. The van der Waals surface area contributed by atoms with Crippen LogP contribution in [0, 0.1) is 0 Å². The summed E-state index contributed by atoms with van der Waals surface area (Å²) in [6.45, 7) is 0. The Bertz CT molecular complexity index is 368. The second-order valence-corrected chi connectivity index (χ2v) is 2.45. The summed E-state index contributed by atoms with van der Waals surface area (Å²) in [5.74, 6) is 0.527. The van der Waals surface area contributed by atoms with Gasteiger partial charge in [-0.2, -0.15) is 0 Å². The molecule has 0 aromatic carbocycles. The number of rotatable bonds is 1. The van der Waals surface area contributed by atoms with Crippen molar-refractivity contribution in [3.8, 4) is 11.1 Å². The van der Waals surface area contributed by atoms with Crippen LogP contribution in [0.25, 0.3) is 11.1 Å². The molecular formula is C9H8N2O. The van der Waals surface area contributed by atoms with E-state index in [2.05, 4.69) is 4.98 Å². The van der Waals surface area contributed by atoms with E-state index in [-0.39, 0.29) is 0 Å². The van der Waals surface area contributed by atoms with E-state index < -0.39 is 0 Å². The minimum Gasteiger partial charge on any atom is -0.472 e. The lowest BCUT2D eigenvalue weighted by atomic mass is 10.1. The Labute approximate surface area is 69.8 Å². The third kappa shape index (κ3) is 1.05. The highest BCUT2D eigenvalue weighted by Gasteiger charge is 2.02. The third-order valence-corrected chi connectivity index (χ3v) is 1.67. The van der Waals surface area contributed by atoms with Crippen molar-refractivity contribution in [1.29, 1.82) is 0 Å². The van der Waals surface area contributed by atoms with Gasteiger partial charge in [-0.15, -0.1) is 0 Å². The first-order valence-corrected chi connectivity index (χ1v) is 3.61. The predicted octanol–water partition coefficient (Wildman–Crippen LogP) is 1.92. The van der Waals surface area contributed by atoms with Crippen LogP contribution >= 0.6 is 0 Å². The van der Waals surface area contributed by atoms with Gasteiger partial charge in [-0.05, 0) is 18.2 Å². The first-order chi connectivity index (χ1) is 5.88. The standard InChI is InChI=1S/C9H8N2O/c10-9-8(2-1-4-11-9)7-3-5-12-6-7/h1-6H,(H2,10,11). The molecule has 3 heteroatoms. The molecule has 0 aliphatic rings. The molecule has 2 N–H and O–H groups in total. The van der Waals surface area contributed by atoms with E-state index in [1.54, 1.807) is 18.7 Å². The van der Waals surface area contributed by atoms with E-state index in [0.29, 0.717) is 5.82 Å². The van der Waals surface area contributed by atoms with Crippen LogP contribution in [0.4, 0.5) is 5.82 Å². The SMILES string of the molecule is Nc1ncccc1-c1ccoc1. The molecule has 2 aromatic rings. The fourth-order valence-corrected chi connectivity index (χ4v) is 1.08. The first kappa shape index (κ1) is 6.91. The number of nitrogens with two attached hydrogens (primary N) is 1. The molecule has 0 amide bonds. The van der Waals surface area contributed by atoms with Crippen LogP contribution in [-0.2, 0) is 0 Å². The van der Waals surface area contributed by atoms with Gasteiger partial charge in [0.1, 0.15) is 5.82 Å². The first-order valence-electron chi connectivity index (χ1n) is 3.61. The zero-order valence-electron chi connectivity index (χ0n) is 6.40. The summed E-state index contributed by atoms with van der Waals surface area (Å²) in [6, 6.07) is 5.61. The van der Waals surface area contributed by atoms with Crippen LogP contribution in [0.1, 0.15) is 0 Å². The van der Waals surface area contributed by atoms with Crippen LogP contribution < -0.4 is 5.73 Å². The van der Waals surface area contributed by atoms with Gasteiger partial charge < -0.3 is 10.2 Å². The van der Waals surface area contributed by atoms with E-state index in [1.807, 2.05) is 18.2 Å². The molecule has 0 aliphatic carbocycles. The molecular weight excluding hydrogens is 152 g/mol. The number of hydrogen-bond donors (Lipinski definition) is 1. The molecule has 12 heavy (non-hydrogen) atoms. The van der Waals surface area contributed by atoms with Gasteiger partial charge in [-0.25, -0.2) is 4.98 Å². The largest absolute Gasteiger partial charge is 0.472 e. The number of aromatic nitrogens is 1. The minimum absolute atomic E-state index is 0.527. The average Bonchev–Trinajstić information content (AvgIpc) is 2.57. The number of pyridine rings is 1. The Morgan fingerprint density at radius 2 is 2.25 bits per heavy atom. The molecule has 0 unspecified atom stereocenters. The molecule has 0 saturated carbocycles. The summed E-state index contributed by atoms with van der Waals surface area (Å²) in [7, 11) is 0. The number of nitrogens with zero attached hydrogens (tertiary/aromatic N) is 1. The van der Waals surface area contributed by atoms with Gasteiger partial charge in [-0.3, -0.25) is 0 Å². The summed E-state index contributed by atoms with van der Waals surface area (Å²) in [6.07, 6.45) is 4.92. The van der Waals surface area contributed by atoms with Crippen LogP contribution in [0.5, 0.6) is 0 Å². The van der Waals surface area contributed by atoms with Crippen molar-refractivity contribution in [2.24, 2.45) is 0 Å². The van der Waals surface area contributed by atoms with E-state index in [0.717, 1.165) is 11.1 Å². The lowest BCUT2D eigenvalue weighted by molar-refractivity contribution is 0.568.